The van der Waals surface area contributed by atoms with Gasteiger partial charge in [0.15, 0.2) is 0 Å². The molecule has 0 aromatic carbocycles. The van der Waals surface area contributed by atoms with Gasteiger partial charge in [-0.15, -0.1) is 5.10 Å². The fourth-order valence-corrected chi connectivity index (χ4v) is 1.59. The Kier molecular flexibility index (Phi) is 2.76. The number of nitrogens with zero attached hydrogens (tertiary/aromatic N) is 4. The summed E-state index contributed by atoms with van der Waals surface area (Å²) in [4.78, 5) is 7.91. The smallest absolute Gasteiger partial charge is 0.115 e. The lowest BCUT2D eigenvalue weighted by Crippen LogP contribution is -2.15. The minimum atomic E-state index is -0.137. The van der Waals surface area contributed by atoms with Crippen LogP contribution in [-0.2, 0) is 6.42 Å². The fraction of sp³-hybridized carbons (Fsp3) is 0.250. The molecule has 0 saturated carbocycles. The monoisotopic (exact) mass is 207 g/mol. The molecule has 5 nitrogen and oxygen atoms in total. The van der Waals surface area contributed by atoms with Crippen LogP contribution < -0.4 is 5.73 Å². The first kappa shape index (κ1) is 9.17. The lowest BCUT2D eigenvalue weighted by atomic mass is 10.1. The summed E-state index contributed by atoms with van der Waals surface area (Å²) >= 11 is 1.33. The van der Waals surface area contributed by atoms with E-state index in [1.165, 1.54) is 17.9 Å². The SMILES string of the molecule is NC(Cc1csnn1)c1ccncn1. The van der Waals surface area contributed by atoms with Gasteiger partial charge in [0.25, 0.3) is 0 Å². The first-order valence-corrected chi connectivity index (χ1v) is 4.97. The van der Waals surface area contributed by atoms with Crippen molar-refractivity contribution in [2.45, 2.75) is 12.5 Å². The Bertz CT molecular complexity index is 374. The molecule has 0 aliphatic carbocycles. The van der Waals surface area contributed by atoms with Gasteiger partial charge in [-0.05, 0) is 17.6 Å². The summed E-state index contributed by atoms with van der Waals surface area (Å²) < 4.78 is 3.77. The number of hydrogen-bond acceptors (Lipinski definition) is 6. The number of hydrogen-bond donors (Lipinski definition) is 1. The van der Waals surface area contributed by atoms with Gasteiger partial charge in [0.2, 0.25) is 0 Å². The molecule has 0 aliphatic rings. The zero-order valence-corrected chi connectivity index (χ0v) is 8.18. The van der Waals surface area contributed by atoms with Crippen molar-refractivity contribution < 1.29 is 0 Å². The molecule has 0 radical (unpaired) electrons. The maximum atomic E-state index is 5.93. The second-order valence-corrected chi connectivity index (χ2v) is 3.45. The molecule has 0 amide bonds. The molecule has 1 atom stereocenters. The van der Waals surface area contributed by atoms with Crippen LogP contribution in [0.4, 0.5) is 0 Å². The molecule has 0 bridgehead atoms. The van der Waals surface area contributed by atoms with E-state index in [4.69, 9.17) is 5.73 Å². The maximum Gasteiger partial charge on any atom is 0.115 e. The molecular formula is C8H9N5S. The first-order valence-electron chi connectivity index (χ1n) is 4.13. The van der Waals surface area contributed by atoms with Gasteiger partial charge >= 0.3 is 0 Å². The quantitative estimate of drug-likeness (QED) is 0.796. The van der Waals surface area contributed by atoms with E-state index >= 15 is 0 Å². The Balaban J connectivity index is 2.07. The molecule has 1 unspecified atom stereocenters. The summed E-state index contributed by atoms with van der Waals surface area (Å²) in [5.41, 5.74) is 7.66. The molecule has 2 rings (SSSR count). The van der Waals surface area contributed by atoms with E-state index in [1.54, 1.807) is 6.20 Å². The van der Waals surface area contributed by atoms with E-state index < -0.39 is 0 Å². The highest BCUT2D eigenvalue weighted by Crippen LogP contribution is 2.11. The van der Waals surface area contributed by atoms with Gasteiger partial charge in [-0.3, -0.25) is 0 Å². The Morgan fingerprint density at radius 1 is 1.50 bits per heavy atom. The second kappa shape index (κ2) is 4.21. The maximum absolute atomic E-state index is 5.93. The molecule has 2 aromatic rings. The highest BCUT2D eigenvalue weighted by molar-refractivity contribution is 7.03. The molecule has 2 heterocycles. The molecule has 0 fully saturated rings. The van der Waals surface area contributed by atoms with Gasteiger partial charge in [-0.25, -0.2) is 9.97 Å². The molecule has 2 aromatic heterocycles. The minimum Gasteiger partial charge on any atom is -0.322 e. The third kappa shape index (κ3) is 2.09. The highest BCUT2D eigenvalue weighted by atomic mass is 32.1. The molecule has 72 valence electrons. The van der Waals surface area contributed by atoms with Crippen molar-refractivity contribution in [2.24, 2.45) is 5.73 Å². The van der Waals surface area contributed by atoms with E-state index in [1.807, 2.05) is 11.4 Å². The van der Waals surface area contributed by atoms with Crippen LogP contribution in [0.25, 0.3) is 0 Å². The lowest BCUT2D eigenvalue weighted by molar-refractivity contribution is 0.678. The summed E-state index contributed by atoms with van der Waals surface area (Å²) in [6, 6.07) is 1.67. The number of rotatable bonds is 3. The summed E-state index contributed by atoms with van der Waals surface area (Å²) in [7, 11) is 0. The Morgan fingerprint density at radius 2 is 2.43 bits per heavy atom. The van der Waals surface area contributed by atoms with Gasteiger partial charge in [0.1, 0.15) is 6.33 Å². The Hall–Kier alpha value is -1.40. The highest BCUT2D eigenvalue weighted by Gasteiger charge is 2.09. The van der Waals surface area contributed by atoms with Crippen molar-refractivity contribution in [2.75, 3.05) is 0 Å². The first-order chi connectivity index (χ1) is 6.86. The minimum absolute atomic E-state index is 0.137. The zero-order chi connectivity index (χ0) is 9.80. The average Bonchev–Trinajstić information content (AvgIpc) is 2.72. The Morgan fingerprint density at radius 3 is 3.07 bits per heavy atom. The molecular weight excluding hydrogens is 198 g/mol. The van der Waals surface area contributed by atoms with E-state index in [-0.39, 0.29) is 6.04 Å². The largest absolute Gasteiger partial charge is 0.322 e. The normalized spacial score (nSPS) is 12.6. The Labute approximate surface area is 85.2 Å². The molecule has 0 spiro atoms. The van der Waals surface area contributed by atoms with Gasteiger partial charge in [-0.1, -0.05) is 4.49 Å². The third-order valence-corrected chi connectivity index (χ3v) is 2.37. The van der Waals surface area contributed by atoms with Crippen molar-refractivity contribution in [3.05, 3.63) is 35.4 Å². The van der Waals surface area contributed by atoms with Crippen LogP contribution in [0.5, 0.6) is 0 Å². The zero-order valence-electron chi connectivity index (χ0n) is 7.37. The van der Waals surface area contributed by atoms with Gasteiger partial charge in [0, 0.05) is 18.0 Å². The van der Waals surface area contributed by atoms with Crippen molar-refractivity contribution >= 4 is 11.5 Å². The topological polar surface area (TPSA) is 77.6 Å². The second-order valence-electron chi connectivity index (χ2n) is 2.84. The summed E-state index contributed by atoms with van der Waals surface area (Å²) in [6.45, 7) is 0. The van der Waals surface area contributed by atoms with Gasteiger partial charge in [0.05, 0.1) is 17.4 Å². The van der Waals surface area contributed by atoms with Gasteiger partial charge in [-0.2, -0.15) is 0 Å². The molecule has 0 aliphatic heterocycles. The predicted octanol–water partition coefficient (Wildman–Crippen LogP) is 0.571. The summed E-state index contributed by atoms with van der Waals surface area (Å²) in [5, 5.41) is 5.82. The van der Waals surface area contributed by atoms with Crippen LogP contribution in [0.1, 0.15) is 17.4 Å². The number of nitrogens with two attached hydrogens (primary N) is 1. The summed E-state index contributed by atoms with van der Waals surface area (Å²) in [6.07, 6.45) is 3.84. The van der Waals surface area contributed by atoms with Crippen LogP contribution in [-0.4, -0.2) is 19.6 Å². The fourth-order valence-electron chi connectivity index (χ4n) is 1.12. The molecule has 0 saturated heterocycles. The van der Waals surface area contributed by atoms with Crippen LogP contribution >= 0.6 is 11.5 Å². The predicted molar refractivity (Wildman–Crippen MR) is 52.6 cm³/mol. The average molecular weight is 207 g/mol. The van der Waals surface area contributed by atoms with Crippen LogP contribution in [0, 0.1) is 0 Å². The van der Waals surface area contributed by atoms with Crippen LogP contribution in [0.15, 0.2) is 24.0 Å². The lowest BCUT2D eigenvalue weighted by Gasteiger charge is -2.07. The van der Waals surface area contributed by atoms with Crippen molar-refractivity contribution in [3.63, 3.8) is 0 Å². The summed E-state index contributed by atoms with van der Waals surface area (Å²) in [5.74, 6) is 0. The molecule has 6 heteroatoms. The van der Waals surface area contributed by atoms with Crippen molar-refractivity contribution in [1.82, 2.24) is 19.6 Å². The number of aromatic nitrogens is 4. The van der Waals surface area contributed by atoms with Crippen LogP contribution in [0.2, 0.25) is 0 Å². The van der Waals surface area contributed by atoms with Crippen LogP contribution in [0.3, 0.4) is 0 Å². The van der Waals surface area contributed by atoms with Crippen molar-refractivity contribution in [1.29, 1.82) is 0 Å². The third-order valence-electron chi connectivity index (χ3n) is 1.82. The van der Waals surface area contributed by atoms with E-state index in [2.05, 4.69) is 19.6 Å². The van der Waals surface area contributed by atoms with E-state index in [0.717, 1.165) is 11.4 Å². The standard InChI is InChI=1S/C8H9N5S/c9-7(3-6-4-14-13-12-6)8-1-2-10-5-11-8/h1-2,4-5,7H,3,9H2. The van der Waals surface area contributed by atoms with E-state index in [9.17, 15) is 0 Å². The van der Waals surface area contributed by atoms with E-state index in [0.29, 0.717) is 6.42 Å². The molecule has 2 N–H and O–H groups in total. The van der Waals surface area contributed by atoms with Gasteiger partial charge < -0.3 is 5.73 Å². The van der Waals surface area contributed by atoms with Crippen molar-refractivity contribution in [3.8, 4) is 0 Å². The molecule has 14 heavy (non-hydrogen) atoms.